The van der Waals surface area contributed by atoms with Gasteiger partial charge in [0.2, 0.25) is 0 Å². The molecule has 0 unspecified atom stereocenters. The van der Waals surface area contributed by atoms with Gasteiger partial charge in [-0.3, -0.25) is 0 Å². The summed E-state index contributed by atoms with van der Waals surface area (Å²) < 4.78 is 5.15. The maximum Gasteiger partial charge on any atom is 0.119 e. The van der Waals surface area contributed by atoms with E-state index in [0.29, 0.717) is 0 Å². The number of hydrogen-bond donors (Lipinski definition) is 2. The fourth-order valence-electron chi connectivity index (χ4n) is 2.62. The second kappa shape index (κ2) is 5.61. The first kappa shape index (κ1) is 13.2. The van der Waals surface area contributed by atoms with Crippen molar-refractivity contribution in [3.63, 3.8) is 0 Å². The van der Waals surface area contributed by atoms with Gasteiger partial charge in [-0.25, -0.2) is 0 Å². The molecule has 1 aromatic rings. The SMILES string of the molecule is COc1ccc(NC2(CO)CCC(C)CC2)cc1. The van der Waals surface area contributed by atoms with Gasteiger partial charge in [0, 0.05) is 5.69 Å². The normalized spacial score (nSPS) is 27.8. The molecule has 0 bridgehead atoms. The Morgan fingerprint density at radius 3 is 2.39 bits per heavy atom. The molecule has 0 heterocycles. The van der Waals surface area contributed by atoms with Gasteiger partial charge < -0.3 is 15.2 Å². The molecule has 1 aromatic carbocycles. The molecule has 0 radical (unpaired) electrons. The van der Waals surface area contributed by atoms with Crippen LogP contribution in [0.25, 0.3) is 0 Å². The van der Waals surface area contributed by atoms with E-state index in [1.54, 1.807) is 7.11 Å². The Hall–Kier alpha value is -1.22. The first-order valence-electron chi connectivity index (χ1n) is 6.70. The van der Waals surface area contributed by atoms with Crippen LogP contribution in [0.2, 0.25) is 0 Å². The van der Waals surface area contributed by atoms with Gasteiger partial charge >= 0.3 is 0 Å². The maximum atomic E-state index is 9.70. The predicted molar refractivity (Wildman–Crippen MR) is 74.1 cm³/mol. The van der Waals surface area contributed by atoms with Crippen molar-refractivity contribution in [2.45, 2.75) is 38.1 Å². The summed E-state index contributed by atoms with van der Waals surface area (Å²) in [6.07, 6.45) is 4.45. The summed E-state index contributed by atoms with van der Waals surface area (Å²) in [5.41, 5.74) is 0.917. The fourth-order valence-corrected chi connectivity index (χ4v) is 2.62. The first-order valence-corrected chi connectivity index (χ1v) is 6.70. The van der Waals surface area contributed by atoms with E-state index in [4.69, 9.17) is 4.74 Å². The van der Waals surface area contributed by atoms with Gasteiger partial charge in [0.15, 0.2) is 0 Å². The summed E-state index contributed by atoms with van der Waals surface area (Å²) in [5.74, 6) is 1.64. The van der Waals surface area contributed by atoms with Gasteiger partial charge in [-0.2, -0.15) is 0 Å². The molecule has 0 aromatic heterocycles. The van der Waals surface area contributed by atoms with Crippen LogP contribution in [0.5, 0.6) is 5.75 Å². The smallest absolute Gasteiger partial charge is 0.119 e. The monoisotopic (exact) mass is 249 g/mol. The minimum atomic E-state index is -0.138. The van der Waals surface area contributed by atoms with Gasteiger partial charge in [-0.05, 0) is 55.9 Å². The third kappa shape index (κ3) is 2.96. The van der Waals surface area contributed by atoms with E-state index in [1.807, 2.05) is 24.3 Å². The number of aliphatic hydroxyl groups excluding tert-OH is 1. The number of aliphatic hydroxyl groups is 1. The second-order valence-corrected chi connectivity index (χ2v) is 5.47. The Bertz CT molecular complexity index is 367. The highest BCUT2D eigenvalue weighted by molar-refractivity contribution is 5.48. The molecule has 0 atom stereocenters. The highest BCUT2D eigenvalue weighted by atomic mass is 16.5. The lowest BCUT2D eigenvalue weighted by Gasteiger charge is -2.39. The molecule has 1 aliphatic rings. The minimum Gasteiger partial charge on any atom is -0.497 e. The molecule has 2 rings (SSSR count). The number of benzene rings is 1. The maximum absolute atomic E-state index is 9.70. The highest BCUT2D eigenvalue weighted by Crippen LogP contribution is 2.34. The Balaban J connectivity index is 2.05. The lowest BCUT2D eigenvalue weighted by molar-refractivity contribution is 0.155. The van der Waals surface area contributed by atoms with Crippen molar-refractivity contribution in [3.8, 4) is 5.75 Å². The van der Waals surface area contributed by atoms with E-state index in [2.05, 4.69) is 12.2 Å². The lowest BCUT2D eigenvalue weighted by atomic mass is 9.77. The van der Waals surface area contributed by atoms with Crippen LogP contribution in [-0.4, -0.2) is 24.4 Å². The molecule has 18 heavy (non-hydrogen) atoms. The zero-order chi connectivity index (χ0) is 13.0. The largest absolute Gasteiger partial charge is 0.497 e. The summed E-state index contributed by atoms with van der Waals surface area (Å²) in [5, 5.41) is 13.2. The van der Waals surface area contributed by atoms with Crippen molar-refractivity contribution in [1.82, 2.24) is 0 Å². The van der Waals surface area contributed by atoms with Crippen molar-refractivity contribution in [2.75, 3.05) is 19.0 Å². The summed E-state index contributed by atoms with van der Waals surface area (Å²) in [7, 11) is 1.67. The Kier molecular flexibility index (Phi) is 4.12. The first-order chi connectivity index (χ1) is 8.67. The Labute approximate surface area is 109 Å². The fraction of sp³-hybridized carbons (Fsp3) is 0.600. The van der Waals surface area contributed by atoms with Gasteiger partial charge in [0.25, 0.3) is 0 Å². The molecule has 1 aliphatic carbocycles. The van der Waals surface area contributed by atoms with Gasteiger partial charge in [-0.15, -0.1) is 0 Å². The van der Waals surface area contributed by atoms with Crippen molar-refractivity contribution >= 4 is 5.69 Å². The van der Waals surface area contributed by atoms with Crippen molar-refractivity contribution in [3.05, 3.63) is 24.3 Å². The van der Waals surface area contributed by atoms with Crippen LogP contribution in [0.15, 0.2) is 24.3 Å². The number of nitrogens with one attached hydrogen (secondary N) is 1. The van der Waals surface area contributed by atoms with E-state index >= 15 is 0 Å². The van der Waals surface area contributed by atoms with E-state index < -0.39 is 0 Å². The third-order valence-electron chi connectivity index (χ3n) is 4.03. The van der Waals surface area contributed by atoms with Gasteiger partial charge in [-0.1, -0.05) is 6.92 Å². The van der Waals surface area contributed by atoms with Crippen molar-refractivity contribution in [1.29, 1.82) is 0 Å². The highest BCUT2D eigenvalue weighted by Gasteiger charge is 2.33. The lowest BCUT2D eigenvalue weighted by Crippen LogP contribution is -2.45. The summed E-state index contributed by atoms with van der Waals surface area (Å²) in [4.78, 5) is 0. The Morgan fingerprint density at radius 2 is 1.89 bits per heavy atom. The van der Waals surface area contributed by atoms with Crippen LogP contribution in [-0.2, 0) is 0 Å². The van der Waals surface area contributed by atoms with Crippen molar-refractivity contribution < 1.29 is 9.84 Å². The summed E-state index contributed by atoms with van der Waals surface area (Å²) in [6.45, 7) is 2.49. The van der Waals surface area contributed by atoms with Gasteiger partial charge in [0.1, 0.15) is 5.75 Å². The van der Waals surface area contributed by atoms with Crippen LogP contribution in [0, 0.1) is 5.92 Å². The number of ether oxygens (including phenoxy) is 1. The molecule has 1 fully saturated rings. The van der Waals surface area contributed by atoms with Crippen molar-refractivity contribution in [2.24, 2.45) is 5.92 Å². The molecule has 3 heteroatoms. The molecular formula is C15H23NO2. The number of hydrogen-bond acceptors (Lipinski definition) is 3. The summed E-state index contributed by atoms with van der Waals surface area (Å²) in [6, 6.07) is 7.90. The van der Waals surface area contributed by atoms with Crippen LogP contribution in [0.4, 0.5) is 5.69 Å². The van der Waals surface area contributed by atoms with E-state index in [0.717, 1.165) is 30.2 Å². The van der Waals surface area contributed by atoms with E-state index in [1.165, 1.54) is 12.8 Å². The zero-order valence-corrected chi connectivity index (χ0v) is 11.3. The molecule has 2 N–H and O–H groups in total. The molecule has 1 saturated carbocycles. The second-order valence-electron chi connectivity index (χ2n) is 5.47. The molecule has 0 amide bonds. The van der Waals surface area contributed by atoms with Gasteiger partial charge in [0.05, 0.1) is 19.3 Å². The topological polar surface area (TPSA) is 41.5 Å². The Morgan fingerprint density at radius 1 is 1.28 bits per heavy atom. The molecular weight excluding hydrogens is 226 g/mol. The standard InChI is InChI=1S/C15H23NO2/c1-12-7-9-15(11-17,10-8-12)16-13-3-5-14(18-2)6-4-13/h3-6,12,16-17H,7-11H2,1-2H3. The average molecular weight is 249 g/mol. The molecule has 0 aliphatic heterocycles. The predicted octanol–water partition coefficient (Wildman–Crippen LogP) is 3.05. The molecule has 0 saturated heterocycles. The van der Waals surface area contributed by atoms with Crippen LogP contribution in [0.1, 0.15) is 32.6 Å². The molecule has 100 valence electrons. The van der Waals surface area contributed by atoms with Crippen LogP contribution >= 0.6 is 0 Å². The van der Waals surface area contributed by atoms with Crippen LogP contribution in [0.3, 0.4) is 0 Å². The molecule has 0 spiro atoms. The minimum absolute atomic E-state index is 0.138. The number of methoxy groups -OCH3 is 1. The van der Waals surface area contributed by atoms with E-state index in [-0.39, 0.29) is 12.1 Å². The number of anilines is 1. The number of rotatable bonds is 4. The average Bonchev–Trinajstić information content (AvgIpc) is 2.43. The van der Waals surface area contributed by atoms with E-state index in [9.17, 15) is 5.11 Å². The van der Waals surface area contributed by atoms with Crippen LogP contribution < -0.4 is 10.1 Å². The quantitative estimate of drug-likeness (QED) is 0.861. The third-order valence-corrected chi connectivity index (χ3v) is 4.03. The zero-order valence-electron chi connectivity index (χ0n) is 11.3. The molecule has 3 nitrogen and oxygen atoms in total. The summed E-state index contributed by atoms with van der Waals surface area (Å²) >= 11 is 0.